The van der Waals surface area contributed by atoms with Gasteiger partial charge < -0.3 is 89.0 Å². The number of rotatable bonds is 13. The first-order valence-electron chi connectivity index (χ1n) is 16.6. The number of aliphatic hydroxyl groups is 8. The summed E-state index contributed by atoms with van der Waals surface area (Å²) in [5.74, 6) is -2.10. The molecular weight excluding hydrogens is 696 g/mol. The lowest BCUT2D eigenvalue weighted by molar-refractivity contribution is -0.360. The SMILES string of the molecule is COc1cc([C@H]2c3c(cc(OC)c(O)c3OC)C[C@@H](CO)[C@@H]2CO[C@@H]2O[C@H](CO)[C@@H](O[C@@H]3O[C@H](CO)[C@@H](O)[C@H](O)[C@H]3O)[C@H](O)[C@H]2O)cc(OC)c1O. The van der Waals surface area contributed by atoms with E-state index >= 15 is 0 Å². The average Bonchev–Trinajstić information content (AvgIpc) is 3.15. The first-order valence-corrected chi connectivity index (χ1v) is 16.6. The Balaban J connectivity index is 1.47. The number of phenolic OH excluding ortho intramolecular Hbond substituents is 2. The van der Waals surface area contributed by atoms with Gasteiger partial charge in [-0.2, -0.15) is 0 Å². The van der Waals surface area contributed by atoms with E-state index < -0.39 is 92.4 Å². The van der Waals surface area contributed by atoms with Crippen molar-refractivity contribution >= 4 is 0 Å². The number of aromatic hydroxyl groups is 2. The number of methoxy groups -OCH3 is 4. The summed E-state index contributed by atoms with van der Waals surface area (Å²) >= 11 is 0. The highest BCUT2D eigenvalue weighted by Gasteiger charge is 2.51. The van der Waals surface area contributed by atoms with Gasteiger partial charge in [-0.05, 0) is 47.6 Å². The van der Waals surface area contributed by atoms with E-state index in [0.717, 1.165) is 0 Å². The van der Waals surface area contributed by atoms with Crippen LogP contribution in [0.5, 0.6) is 34.5 Å². The van der Waals surface area contributed by atoms with Crippen molar-refractivity contribution in [3.8, 4) is 34.5 Å². The van der Waals surface area contributed by atoms with Gasteiger partial charge in [0.25, 0.3) is 0 Å². The number of aliphatic hydroxyl groups excluding tert-OH is 8. The van der Waals surface area contributed by atoms with Gasteiger partial charge in [0.1, 0.15) is 48.8 Å². The lowest BCUT2D eigenvalue weighted by Gasteiger charge is -2.46. The number of phenols is 2. The molecule has 0 radical (unpaired) electrons. The highest BCUT2D eigenvalue weighted by atomic mass is 16.7. The standard InChI is InChI=1S/C34H48O18/c1-45-17-7-14(8-18(46-2)24(17)38)22-16(15(9-35)5-13-6-19(47-3)26(40)32(48-4)23(13)22)12-49-33-30(44)28(42)31(21(11-37)51-33)52-34-29(43)27(41)25(39)20(10-36)50-34/h6-8,15-16,20-22,25,27-31,33-44H,5,9-12H2,1-4H3/t15-,16-,20+,21+,22+,25+,27-,28+,29+,30+,31+,33+,34-/m0/s1. The maximum Gasteiger partial charge on any atom is 0.201 e. The number of ether oxygens (including phenoxy) is 8. The smallest absolute Gasteiger partial charge is 0.201 e. The van der Waals surface area contributed by atoms with Gasteiger partial charge in [-0.3, -0.25) is 0 Å². The predicted molar refractivity (Wildman–Crippen MR) is 174 cm³/mol. The first-order chi connectivity index (χ1) is 24.9. The zero-order chi connectivity index (χ0) is 38.0. The van der Waals surface area contributed by atoms with Gasteiger partial charge in [0.2, 0.25) is 11.5 Å². The third-order valence-corrected chi connectivity index (χ3v) is 10.1. The molecule has 0 unspecified atom stereocenters. The van der Waals surface area contributed by atoms with Crippen LogP contribution in [0.15, 0.2) is 18.2 Å². The molecule has 2 aliphatic heterocycles. The van der Waals surface area contributed by atoms with Crippen molar-refractivity contribution in [3.63, 3.8) is 0 Å². The van der Waals surface area contributed by atoms with Crippen LogP contribution >= 0.6 is 0 Å². The van der Waals surface area contributed by atoms with Crippen molar-refractivity contribution in [1.29, 1.82) is 0 Å². The molecular formula is C34H48O18. The Morgan fingerprint density at radius 1 is 0.654 bits per heavy atom. The van der Waals surface area contributed by atoms with Crippen LogP contribution in [-0.4, -0.2) is 167 Å². The molecule has 18 nitrogen and oxygen atoms in total. The molecule has 2 saturated heterocycles. The molecule has 0 aromatic heterocycles. The highest BCUT2D eigenvalue weighted by molar-refractivity contribution is 5.64. The summed E-state index contributed by atoms with van der Waals surface area (Å²) in [6.45, 7) is -2.09. The van der Waals surface area contributed by atoms with Crippen LogP contribution in [0.25, 0.3) is 0 Å². The van der Waals surface area contributed by atoms with Crippen molar-refractivity contribution in [1.82, 2.24) is 0 Å². The Hall–Kier alpha value is -3.24. The summed E-state index contributed by atoms with van der Waals surface area (Å²) in [6.07, 6.45) is -16.1. The molecule has 52 heavy (non-hydrogen) atoms. The minimum atomic E-state index is -1.83. The van der Waals surface area contributed by atoms with Gasteiger partial charge in [-0.1, -0.05) is 0 Å². The molecule has 13 atom stereocenters. The topological polar surface area (TPSA) is 276 Å². The molecule has 2 fully saturated rings. The Labute approximate surface area is 298 Å². The first kappa shape index (κ1) is 40.0. The fourth-order valence-corrected chi connectivity index (χ4v) is 7.32. The van der Waals surface area contributed by atoms with E-state index in [1.165, 1.54) is 28.4 Å². The van der Waals surface area contributed by atoms with Crippen molar-refractivity contribution < 1.29 is 89.0 Å². The second-order valence-electron chi connectivity index (χ2n) is 12.9. The predicted octanol–water partition coefficient (Wildman–Crippen LogP) is -2.31. The van der Waals surface area contributed by atoms with Gasteiger partial charge >= 0.3 is 0 Å². The lowest BCUT2D eigenvalue weighted by Crippen LogP contribution is -2.64. The molecule has 2 heterocycles. The largest absolute Gasteiger partial charge is 0.502 e. The van der Waals surface area contributed by atoms with Gasteiger partial charge in [0.15, 0.2) is 35.6 Å². The molecule has 3 aliphatic rings. The van der Waals surface area contributed by atoms with Gasteiger partial charge in [-0.25, -0.2) is 0 Å². The van der Waals surface area contributed by atoms with Crippen LogP contribution in [0.4, 0.5) is 0 Å². The molecule has 292 valence electrons. The summed E-state index contributed by atoms with van der Waals surface area (Å²) < 4.78 is 44.9. The van der Waals surface area contributed by atoms with Gasteiger partial charge in [0.05, 0.1) is 48.3 Å². The Kier molecular flexibility index (Phi) is 12.9. The summed E-state index contributed by atoms with van der Waals surface area (Å²) in [4.78, 5) is 0. The van der Waals surface area contributed by atoms with E-state index in [2.05, 4.69) is 0 Å². The summed E-state index contributed by atoms with van der Waals surface area (Å²) in [7, 11) is 5.49. The van der Waals surface area contributed by atoms with Crippen LogP contribution in [0, 0.1) is 11.8 Å². The fourth-order valence-electron chi connectivity index (χ4n) is 7.32. The number of fused-ring (bicyclic) bond motifs is 1. The van der Waals surface area contributed by atoms with Crippen LogP contribution in [0.2, 0.25) is 0 Å². The maximum absolute atomic E-state index is 11.2. The summed E-state index contributed by atoms with van der Waals surface area (Å²) in [5, 5.41) is 105. The van der Waals surface area contributed by atoms with Crippen molar-refractivity contribution in [2.24, 2.45) is 11.8 Å². The number of benzene rings is 2. The molecule has 2 aromatic rings. The molecule has 18 heteroatoms. The van der Waals surface area contributed by atoms with Crippen molar-refractivity contribution in [2.75, 3.05) is 54.9 Å². The summed E-state index contributed by atoms with van der Waals surface area (Å²) in [6, 6.07) is 4.77. The zero-order valence-electron chi connectivity index (χ0n) is 29.0. The second kappa shape index (κ2) is 16.8. The molecule has 0 amide bonds. The summed E-state index contributed by atoms with van der Waals surface area (Å²) in [5.41, 5.74) is 1.70. The monoisotopic (exact) mass is 744 g/mol. The van der Waals surface area contributed by atoms with Crippen LogP contribution in [0.3, 0.4) is 0 Å². The zero-order valence-corrected chi connectivity index (χ0v) is 29.0. The molecule has 10 N–H and O–H groups in total. The molecule has 0 bridgehead atoms. The molecule has 5 rings (SSSR count). The van der Waals surface area contributed by atoms with E-state index in [1.54, 1.807) is 18.2 Å². The maximum atomic E-state index is 11.2. The highest BCUT2D eigenvalue weighted by Crippen LogP contribution is 2.54. The van der Waals surface area contributed by atoms with Crippen LogP contribution < -0.4 is 18.9 Å². The van der Waals surface area contributed by atoms with Crippen LogP contribution in [-0.2, 0) is 25.4 Å². The number of hydrogen-bond donors (Lipinski definition) is 10. The molecule has 1 aliphatic carbocycles. The third-order valence-electron chi connectivity index (χ3n) is 10.1. The number of hydrogen-bond acceptors (Lipinski definition) is 18. The van der Waals surface area contributed by atoms with Crippen LogP contribution in [0.1, 0.15) is 22.6 Å². The molecule has 2 aromatic carbocycles. The Morgan fingerprint density at radius 3 is 1.79 bits per heavy atom. The lowest BCUT2D eigenvalue weighted by atomic mass is 9.66. The Bertz CT molecular complexity index is 1480. The molecule has 0 saturated carbocycles. The van der Waals surface area contributed by atoms with Gasteiger partial charge in [-0.15, -0.1) is 0 Å². The van der Waals surface area contributed by atoms with E-state index in [9.17, 15) is 51.1 Å². The van der Waals surface area contributed by atoms with E-state index in [1.807, 2.05) is 0 Å². The van der Waals surface area contributed by atoms with E-state index in [-0.39, 0.29) is 54.1 Å². The fraction of sp³-hybridized carbons (Fsp3) is 0.647. The normalized spacial score (nSPS) is 34.7. The van der Waals surface area contributed by atoms with E-state index in [4.69, 9.17) is 37.9 Å². The average molecular weight is 745 g/mol. The third kappa shape index (κ3) is 7.31. The molecule has 0 spiro atoms. The van der Waals surface area contributed by atoms with E-state index in [0.29, 0.717) is 16.7 Å². The second-order valence-corrected chi connectivity index (χ2v) is 12.9. The minimum Gasteiger partial charge on any atom is -0.502 e. The van der Waals surface area contributed by atoms with Crippen molar-refractivity contribution in [3.05, 3.63) is 34.9 Å². The van der Waals surface area contributed by atoms with Gasteiger partial charge in [0, 0.05) is 18.1 Å². The minimum absolute atomic E-state index is 0.0729. The quantitative estimate of drug-likeness (QED) is 0.103. The van der Waals surface area contributed by atoms with Crippen molar-refractivity contribution in [2.45, 2.75) is 73.8 Å². The Morgan fingerprint density at radius 2 is 1.23 bits per heavy atom.